The number of halogens is 2. The number of carbonyl (C=O) groups is 1. The van der Waals surface area contributed by atoms with Gasteiger partial charge in [0, 0.05) is 20.7 Å². The Balaban J connectivity index is 2.36. The van der Waals surface area contributed by atoms with Crippen LogP contribution in [0.4, 0.5) is 17.1 Å². The average molecular weight is 415 g/mol. The van der Waals surface area contributed by atoms with Crippen LogP contribution in [-0.4, -0.2) is 10.8 Å². The van der Waals surface area contributed by atoms with E-state index in [-0.39, 0.29) is 11.4 Å². The third kappa shape index (κ3) is 3.59. The van der Waals surface area contributed by atoms with Gasteiger partial charge in [-0.05, 0) is 46.3 Å². The van der Waals surface area contributed by atoms with Crippen molar-refractivity contribution in [2.24, 2.45) is 0 Å². The number of rotatable bonds is 3. The lowest BCUT2D eigenvalue weighted by atomic mass is 10.2. The predicted molar refractivity (Wildman–Crippen MR) is 87.3 cm³/mol. The summed E-state index contributed by atoms with van der Waals surface area (Å²) in [6.45, 7) is 0. The summed E-state index contributed by atoms with van der Waals surface area (Å²) < 4.78 is 1.10. The molecular weight excluding hydrogens is 406 g/mol. The van der Waals surface area contributed by atoms with E-state index in [4.69, 9.17) is 5.73 Å². The molecule has 0 unspecified atom stereocenters. The highest BCUT2D eigenvalue weighted by Gasteiger charge is 2.18. The summed E-state index contributed by atoms with van der Waals surface area (Å²) in [6.07, 6.45) is 0. The van der Waals surface area contributed by atoms with Crippen LogP contribution in [0.1, 0.15) is 10.4 Å². The first-order chi connectivity index (χ1) is 9.88. The zero-order valence-electron chi connectivity index (χ0n) is 10.5. The lowest BCUT2D eigenvalue weighted by Gasteiger charge is -2.08. The Kier molecular flexibility index (Phi) is 4.59. The molecule has 0 saturated heterocycles. The van der Waals surface area contributed by atoms with Gasteiger partial charge in [0.15, 0.2) is 0 Å². The molecule has 0 aliphatic heterocycles. The SMILES string of the molecule is Nc1ccc(Br)c(C(=O)Nc2ccc(Br)cc2[N+](=O)[O-])c1. The van der Waals surface area contributed by atoms with Crippen molar-refractivity contribution in [1.29, 1.82) is 0 Å². The molecule has 8 heteroatoms. The van der Waals surface area contributed by atoms with Crippen molar-refractivity contribution in [2.45, 2.75) is 0 Å². The lowest BCUT2D eigenvalue weighted by Crippen LogP contribution is -2.14. The maximum Gasteiger partial charge on any atom is 0.293 e. The maximum absolute atomic E-state index is 12.2. The van der Waals surface area contributed by atoms with Crippen molar-refractivity contribution < 1.29 is 9.72 Å². The Hall–Kier alpha value is -1.93. The average Bonchev–Trinajstić information content (AvgIpc) is 2.43. The van der Waals surface area contributed by atoms with Gasteiger partial charge < -0.3 is 11.1 Å². The summed E-state index contributed by atoms with van der Waals surface area (Å²) in [5.74, 6) is -0.486. The van der Waals surface area contributed by atoms with Crippen molar-refractivity contribution in [2.75, 3.05) is 11.1 Å². The van der Waals surface area contributed by atoms with Gasteiger partial charge >= 0.3 is 0 Å². The molecule has 2 rings (SSSR count). The van der Waals surface area contributed by atoms with Gasteiger partial charge in [-0.1, -0.05) is 15.9 Å². The number of anilines is 2. The Morgan fingerprint density at radius 3 is 2.57 bits per heavy atom. The number of nitrogens with two attached hydrogens (primary N) is 1. The summed E-state index contributed by atoms with van der Waals surface area (Å²) in [4.78, 5) is 22.7. The molecule has 0 spiro atoms. The van der Waals surface area contributed by atoms with Gasteiger partial charge in [-0.2, -0.15) is 0 Å². The zero-order chi connectivity index (χ0) is 15.6. The van der Waals surface area contributed by atoms with E-state index in [0.717, 1.165) is 0 Å². The fourth-order valence-electron chi connectivity index (χ4n) is 1.67. The molecule has 0 bridgehead atoms. The van der Waals surface area contributed by atoms with Gasteiger partial charge in [-0.3, -0.25) is 14.9 Å². The van der Waals surface area contributed by atoms with E-state index in [9.17, 15) is 14.9 Å². The van der Waals surface area contributed by atoms with E-state index in [2.05, 4.69) is 37.2 Å². The van der Waals surface area contributed by atoms with Crippen molar-refractivity contribution in [3.63, 3.8) is 0 Å². The Morgan fingerprint density at radius 2 is 1.90 bits per heavy atom. The number of hydrogen-bond acceptors (Lipinski definition) is 4. The van der Waals surface area contributed by atoms with Crippen molar-refractivity contribution in [3.8, 4) is 0 Å². The van der Waals surface area contributed by atoms with E-state index >= 15 is 0 Å². The van der Waals surface area contributed by atoms with Crippen LogP contribution in [-0.2, 0) is 0 Å². The van der Waals surface area contributed by atoms with Gasteiger partial charge in [0.25, 0.3) is 11.6 Å². The topological polar surface area (TPSA) is 98.3 Å². The highest BCUT2D eigenvalue weighted by molar-refractivity contribution is 9.10. The first-order valence-electron chi connectivity index (χ1n) is 5.69. The number of hydrogen-bond donors (Lipinski definition) is 2. The smallest absolute Gasteiger partial charge is 0.293 e. The number of amides is 1. The second kappa shape index (κ2) is 6.23. The summed E-state index contributed by atoms with van der Waals surface area (Å²) in [6, 6.07) is 9.16. The number of benzene rings is 2. The number of nitrogen functional groups attached to an aromatic ring is 1. The van der Waals surface area contributed by atoms with E-state index in [1.54, 1.807) is 18.2 Å². The molecule has 1 amide bonds. The fourth-order valence-corrected chi connectivity index (χ4v) is 2.44. The van der Waals surface area contributed by atoms with Gasteiger partial charge in [0.2, 0.25) is 0 Å². The van der Waals surface area contributed by atoms with E-state index in [1.165, 1.54) is 18.2 Å². The molecule has 0 saturated carbocycles. The number of nitro groups is 1. The number of carbonyl (C=O) groups excluding carboxylic acids is 1. The minimum absolute atomic E-state index is 0.113. The van der Waals surface area contributed by atoms with Gasteiger partial charge in [-0.25, -0.2) is 0 Å². The normalized spacial score (nSPS) is 10.2. The second-order valence-corrected chi connectivity index (χ2v) is 5.88. The number of nitrogens with zero attached hydrogens (tertiary/aromatic N) is 1. The van der Waals surface area contributed by atoms with E-state index in [1.807, 2.05) is 0 Å². The standard InChI is InChI=1S/C13H9Br2N3O3/c14-7-1-4-11(12(5-7)18(20)21)17-13(19)9-6-8(16)2-3-10(9)15/h1-6H,16H2,(H,17,19). The molecule has 108 valence electrons. The minimum Gasteiger partial charge on any atom is -0.399 e. The molecule has 0 radical (unpaired) electrons. The minimum atomic E-state index is -0.561. The van der Waals surface area contributed by atoms with Crippen molar-refractivity contribution in [3.05, 3.63) is 61.0 Å². The molecule has 0 fully saturated rings. The molecule has 3 N–H and O–H groups in total. The van der Waals surface area contributed by atoms with Crippen LogP contribution in [0.3, 0.4) is 0 Å². The lowest BCUT2D eigenvalue weighted by molar-refractivity contribution is -0.384. The quantitative estimate of drug-likeness (QED) is 0.451. The Labute approximate surface area is 136 Å². The molecule has 2 aromatic carbocycles. The van der Waals surface area contributed by atoms with E-state index in [0.29, 0.717) is 20.2 Å². The molecule has 0 atom stereocenters. The molecule has 2 aromatic rings. The molecule has 21 heavy (non-hydrogen) atoms. The number of nitrogens with one attached hydrogen (secondary N) is 1. The van der Waals surface area contributed by atoms with Gasteiger partial charge in [0.05, 0.1) is 10.5 Å². The zero-order valence-corrected chi connectivity index (χ0v) is 13.6. The van der Waals surface area contributed by atoms with Gasteiger partial charge in [0.1, 0.15) is 5.69 Å². The summed E-state index contributed by atoms with van der Waals surface area (Å²) in [7, 11) is 0. The van der Waals surface area contributed by atoms with Crippen molar-refractivity contribution >= 4 is 54.8 Å². The molecule has 0 aromatic heterocycles. The predicted octanol–water partition coefficient (Wildman–Crippen LogP) is 3.95. The summed E-state index contributed by atoms with van der Waals surface area (Å²) in [5.41, 5.74) is 6.28. The second-order valence-electron chi connectivity index (χ2n) is 4.11. The van der Waals surface area contributed by atoms with Gasteiger partial charge in [-0.15, -0.1) is 0 Å². The summed E-state index contributed by atoms with van der Waals surface area (Å²) >= 11 is 6.40. The fraction of sp³-hybridized carbons (Fsp3) is 0. The molecule has 6 nitrogen and oxygen atoms in total. The first-order valence-corrected chi connectivity index (χ1v) is 7.27. The Morgan fingerprint density at radius 1 is 1.19 bits per heavy atom. The largest absolute Gasteiger partial charge is 0.399 e. The third-order valence-electron chi connectivity index (χ3n) is 2.64. The highest BCUT2D eigenvalue weighted by Crippen LogP contribution is 2.29. The highest BCUT2D eigenvalue weighted by atomic mass is 79.9. The van der Waals surface area contributed by atoms with Crippen LogP contribution >= 0.6 is 31.9 Å². The first kappa shape index (κ1) is 15.5. The molecule has 0 heterocycles. The third-order valence-corrected chi connectivity index (χ3v) is 3.82. The van der Waals surface area contributed by atoms with Crippen LogP contribution in [0.25, 0.3) is 0 Å². The maximum atomic E-state index is 12.2. The van der Waals surface area contributed by atoms with Crippen molar-refractivity contribution in [1.82, 2.24) is 0 Å². The van der Waals surface area contributed by atoms with Crippen LogP contribution < -0.4 is 11.1 Å². The molecule has 0 aliphatic rings. The Bertz CT molecular complexity index is 735. The van der Waals surface area contributed by atoms with E-state index < -0.39 is 10.8 Å². The van der Waals surface area contributed by atoms with Crippen LogP contribution in [0.15, 0.2) is 45.3 Å². The van der Waals surface area contributed by atoms with Crippen LogP contribution in [0.5, 0.6) is 0 Å². The number of nitro benzene ring substituents is 1. The van der Waals surface area contributed by atoms with Crippen LogP contribution in [0, 0.1) is 10.1 Å². The molecule has 0 aliphatic carbocycles. The molecular formula is C13H9Br2N3O3. The summed E-state index contributed by atoms with van der Waals surface area (Å²) in [5, 5.41) is 13.5. The monoisotopic (exact) mass is 413 g/mol. The van der Waals surface area contributed by atoms with Crippen LogP contribution in [0.2, 0.25) is 0 Å².